The van der Waals surface area contributed by atoms with Crippen molar-refractivity contribution in [3.8, 4) is 0 Å². The van der Waals surface area contributed by atoms with Gasteiger partial charge < -0.3 is 29.6 Å². The number of hydrogen-bond acceptors (Lipinski definition) is 6. The summed E-state index contributed by atoms with van der Waals surface area (Å²) < 4.78 is 0. The van der Waals surface area contributed by atoms with E-state index in [9.17, 15) is 19.8 Å². The van der Waals surface area contributed by atoms with Crippen LogP contribution in [-0.2, 0) is 9.59 Å². The summed E-state index contributed by atoms with van der Waals surface area (Å²) >= 11 is 0. The molecule has 0 aromatic rings. The summed E-state index contributed by atoms with van der Waals surface area (Å²) in [7, 11) is 0. The standard InChI is InChI=1S/2C28H57NO2.Ca/c2*1-4-6-8-10-12-14-16-18-20-25-29(27(3)23-22-24-28(30)31)26-21-19-17-15-13-11-9-7-5-2;/h2*27H,4-26H2,1-3H3,(H,30,31);/q;;+2/p-2. The molecular formula is C56H112CaN2O4. The first-order chi connectivity index (χ1) is 30.2. The Kier molecular flexibility index (Phi) is 60.4. The van der Waals surface area contributed by atoms with Crippen molar-refractivity contribution in [2.75, 3.05) is 26.2 Å². The van der Waals surface area contributed by atoms with Gasteiger partial charge in [0.25, 0.3) is 0 Å². The van der Waals surface area contributed by atoms with Gasteiger partial charge in [-0.3, -0.25) is 0 Å². The van der Waals surface area contributed by atoms with Gasteiger partial charge >= 0.3 is 37.7 Å². The van der Waals surface area contributed by atoms with Crippen molar-refractivity contribution >= 4 is 49.7 Å². The monoisotopic (exact) mass is 917 g/mol. The molecule has 372 valence electrons. The van der Waals surface area contributed by atoms with Gasteiger partial charge in [0, 0.05) is 24.0 Å². The number of unbranched alkanes of at least 4 members (excludes halogenated alkanes) is 32. The first-order valence-corrected chi connectivity index (χ1v) is 28.1. The number of hydrogen-bond donors (Lipinski definition) is 0. The molecule has 0 aliphatic heterocycles. The second-order valence-corrected chi connectivity index (χ2v) is 19.6. The topological polar surface area (TPSA) is 86.7 Å². The molecule has 63 heavy (non-hydrogen) atoms. The number of rotatable bonds is 50. The molecule has 7 heteroatoms. The Balaban J connectivity index is -0.00000112. The Labute approximate surface area is 425 Å². The van der Waals surface area contributed by atoms with Gasteiger partial charge in [0.05, 0.1) is 0 Å². The van der Waals surface area contributed by atoms with Crippen LogP contribution in [0, 0.1) is 0 Å². The first-order valence-electron chi connectivity index (χ1n) is 28.1. The first kappa shape index (κ1) is 67.4. The van der Waals surface area contributed by atoms with Crippen molar-refractivity contribution in [2.45, 2.75) is 323 Å². The van der Waals surface area contributed by atoms with E-state index in [1.165, 1.54) is 257 Å². The van der Waals surface area contributed by atoms with Gasteiger partial charge in [-0.1, -0.05) is 233 Å². The molecule has 0 aliphatic rings. The Morgan fingerprint density at radius 1 is 0.317 bits per heavy atom. The van der Waals surface area contributed by atoms with Crippen molar-refractivity contribution in [3.63, 3.8) is 0 Å². The number of aliphatic carboxylic acids is 2. The maximum absolute atomic E-state index is 10.7. The number of carboxylic acids is 2. The molecule has 0 bridgehead atoms. The van der Waals surface area contributed by atoms with Crippen LogP contribution in [0.5, 0.6) is 0 Å². The van der Waals surface area contributed by atoms with Gasteiger partial charge in [-0.15, -0.1) is 0 Å². The van der Waals surface area contributed by atoms with E-state index in [1.807, 2.05) is 0 Å². The zero-order valence-electron chi connectivity index (χ0n) is 43.9. The SMILES string of the molecule is CCCCCCCCCCCN(CCCCCCCCCCC)C(C)CCCC(=O)[O-].CCCCCCCCCCCN(CCCCCCCCCCC)C(C)CCCC(=O)[O-].[Ca+2]. The normalized spacial score (nSPS) is 12.3. The van der Waals surface area contributed by atoms with Crippen molar-refractivity contribution < 1.29 is 19.8 Å². The molecule has 0 radical (unpaired) electrons. The molecular weight excluding hydrogens is 805 g/mol. The predicted octanol–water partition coefficient (Wildman–Crippen LogP) is 14.9. The van der Waals surface area contributed by atoms with E-state index in [1.54, 1.807) is 0 Å². The Hall–Kier alpha value is 0.120. The molecule has 0 amide bonds. The second kappa shape index (κ2) is 56.4. The second-order valence-electron chi connectivity index (χ2n) is 19.6. The smallest absolute Gasteiger partial charge is 0.550 e. The van der Waals surface area contributed by atoms with E-state index in [2.05, 4.69) is 51.3 Å². The molecule has 0 aromatic heterocycles. The van der Waals surface area contributed by atoms with Gasteiger partial charge in [-0.25, -0.2) is 0 Å². The zero-order valence-corrected chi connectivity index (χ0v) is 46.1. The largest absolute Gasteiger partial charge is 2.00 e. The van der Waals surface area contributed by atoms with Crippen LogP contribution < -0.4 is 10.2 Å². The molecule has 0 aromatic carbocycles. The van der Waals surface area contributed by atoms with E-state index < -0.39 is 11.9 Å². The Morgan fingerprint density at radius 3 is 0.667 bits per heavy atom. The predicted molar refractivity (Wildman–Crippen MR) is 274 cm³/mol. The molecule has 0 heterocycles. The minimum absolute atomic E-state index is 0. The van der Waals surface area contributed by atoms with Gasteiger partial charge in [0.1, 0.15) is 0 Å². The fourth-order valence-electron chi connectivity index (χ4n) is 9.06. The van der Waals surface area contributed by atoms with E-state index in [-0.39, 0.29) is 50.6 Å². The number of carbonyl (C=O) groups is 2. The maximum Gasteiger partial charge on any atom is 2.00 e. The number of carbonyl (C=O) groups excluding carboxylic acids is 2. The van der Waals surface area contributed by atoms with Crippen LogP contribution >= 0.6 is 0 Å². The molecule has 0 spiro atoms. The summed E-state index contributed by atoms with van der Waals surface area (Å²) in [6, 6.07) is 0.977. The van der Waals surface area contributed by atoms with E-state index >= 15 is 0 Å². The van der Waals surface area contributed by atoms with Crippen molar-refractivity contribution in [1.29, 1.82) is 0 Å². The summed E-state index contributed by atoms with van der Waals surface area (Å²) in [6.45, 7) is 18.4. The van der Waals surface area contributed by atoms with Crippen LogP contribution in [0.15, 0.2) is 0 Å². The van der Waals surface area contributed by atoms with Crippen molar-refractivity contribution in [3.05, 3.63) is 0 Å². The Bertz CT molecular complexity index is 777. The van der Waals surface area contributed by atoms with Gasteiger partial charge in [-0.2, -0.15) is 0 Å². The minimum Gasteiger partial charge on any atom is -0.550 e. The van der Waals surface area contributed by atoms with Crippen molar-refractivity contribution in [1.82, 2.24) is 9.80 Å². The molecule has 0 saturated carbocycles. The summed E-state index contributed by atoms with van der Waals surface area (Å²) in [5, 5.41) is 21.5. The molecule has 0 saturated heterocycles. The number of carboxylic acid groups (broad SMARTS) is 2. The van der Waals surface area contributed by atoms with Crippen LogP contribution in [0.3, 0.4) is 0 Å². The molecule has 2 unspecified atom stereocenters. The average molecular weight is 918 g/mol. The third-order valence-corrected chi connectivity index (χ3v) is 13.4. The maximum atomic E-state index is 10.7. The quantitative estimate of drug-likeness (QED) is 0.0446. The van der Waals surface area contributed by atoms with E-state index in [0.29, 0.717) is 12.1 Å². The number of nitrogens with zero attached hydrogens (tertiary/aromatic N) is 2. The fraction of sp³-hybridized carbons (Fsp3) is 0.964. The van der Waals surface area contributed by atoms with E-state index in [0.717, 1.165) is 25.7 Å². The van der Waals surface area contributed by atoms with Crippen molar-refractivity contribution in [2.24, 2.45) is 0 Å². The third-order valence-electron chi connectivity index (χ3n) is 13.4. The molecule has 0 fully saturated rings. The van der Waals surface area contributed by atoms with Crippen LogP contribution in [-0.4, -0.2) is 97.7 Å². The van der Waals surface area contributed by atoms with E-state index in [4.69, 9.17) is 0 Å². The summed E-state index contributed by atoms with van der Waals surface area (Å²) in [5.41, 5.74) is 0. The van der Waals surface area contributed by atoms with Crippen LogP contribution in [0.4, 0.5) is 0 Å². The molecule has 0 rings (SSSR count). The van der Waals surface area contributed by atoms with Gasteiger partial charge in [0.15, 0.2) is 0 Å². The fourth-order valence-corrected chi connectivity index (χ4v) is 9.06. The molecule has 0 aliphatic carbocycles. The zero-order chi connectivity index (χ0) is 46.0. The Morgan fingerprint density at radius 2 is 0.492 bits per heavy atom. The summed E-state index contributed by atoms with van der Waals surface area (Å²) in [6.07, 6.45) is 53.2. The summed E-state index contributed by atoms with van der Waals surface area (Å²) in [5.74, 6) is -1.81. The van der Waals surface area contributed by atoms with Crippen LogP contribution in [0.2, 0.25) is 0 Å². The molecule has 6 nitrogen and oxygen atoms in total. The third kappa shape index (κ3) is 54.6. The summed E-state index contributed by atoms with van der Waals surface area (Å²) in [4.78, 5) is 26.7. The minimum atomic E-state index is -0.906. The average Bonchev–Trinajstić information content (AvgIpc) is 3.25. The van der Waals surface area contributed by atoms with Crippen LogP contribution in [0.1, 0.15) is 311 Å². The molecule has 2 atom stereocenters. The molecule has 0 N–H and O–H groups in total. The van der Waals surface area contributed by atoms with Gasteiger partial charge in [0.2, 0.25) is 0 Å². The van der Waals surface area contributed by atoms with Gasteiger partial charge in [-0.05, 0) is 104 Å². The van der Waals surface area contributed by atoms with Crippen LogP contribution in [0.25, 0.3) is 0 Å².